The van der Waals surface area contributed by atoms with E-state index >= 15 is 0 Å². The Balaban J connectivity index is 1.73. The predicted octanol–water partition coefficient (Wildman–Crippen LogP) is 3.62. The molecule has 1 aliphatic heterocycles. The van der Waals surface area contributed by atoms with Gasteiger partial charge in [-0.05, 0) is 36.8 Å². The smallest absolute Gasteiger partial charge is 0.261 e. The number of halogens is 1. The lowest BCUT2D eigenvalue weighted by molar-refractivity contribution is 0.0944. The maximum Gasteiger partial charge on any atom is 0.261 e. The molecule has 0 fully saturated rings. The Morgan fingerprint density at radius 1 is 1.30 bits per heavy atom. The summed E-state index contributed by atoms with van der Waals surface area (Å²) in [5.41, 5.74) is 0.963. The highest BCUT2D eigenvalue weighted by atomic mass is 35.5. The number of carbonyl (C=O) groups is 1. The van der Waals surface area contributed by atoms with Crippen molar-refractivity contribution in [1.29, 1.82) is 0 Å². The number of carbonyl (C=O) groups excluding carboxylic acids is 1. The van der Waals surface area contributed by atoms with Crippen molar-refractivity contribution in [2.45, 2.75) is 13.0 Å². The van der Waals surface area contributed by atoms with Crippen LogP contribution in [0.4, 0.5) is 0 Å². The van der Waals surface area contributed by atoms with Crippen LogP contribution < -0.4 is 14.8 Å². The van der Waals surface area contributed by atoms with E-state index in [1.54, 1.807) is 12.1 Å². The van der Waals surface area contributed by atoms with Crippen LogP contribution in [0.5, 0.6) is 11.5 Å². The van der Waals surface area contributed by atoms with Gasteiger partial charge in [-0.3, -0.25) is 4.79 Å². The molecule has 1 aliphatic rings. The lowest BCUT2D eigenvalue weighted by Crippen LogP contribution is -2.25. The minimum atomic E-state index is -0.132. The van der Waals surface area contributed by atoms with Gasteiger partial charge in [-0.2, -0.15) is 0 Å². The summed E-state index contributed by atoms with van der Waals surface area (Å²) in [6.45, 7) is 2.16. The van der Waals surface area contributed by atoms with Gasteiger partial charge in [0.05, 0.1) is 15.3 Å². The molecule has 0 spiro atoms. The predicted molar refractivity (Wildman–Crippen MR) is 77.8 cm³/mol. The van der Waals surface area contributed by atoms with Crippen LogP contribution in [0.1, 0.15) is 28.2 Å². The molecule has 2 aromatic rings. The molecule has 6 heteroatoms. The number of thiophene rings is 1. The van der Waals surface area contributed by atoms with Crippen LogP contribution in [-0.2, 0) is 0 Å². The zero-order chi connectivity index (χ0) is 14.1. The molecule has 2 heterocycles. The van der Waals surface area contributed by atoms with Gasteiger partial charge in [0, 0.05) is 0 Å². The molecular weight excluding hydrogens is 298 g/mol. The van der Waals surface area contributed by atoms with Crippen molar-refractivity contribution in [2.24, 2.45) is 0 Å². The van der Waals surface area contributed by atoms with Gasteiger partial charge in [0.1, 0.15) is 0 Å². The number of ether oxygens (including phenoxy) is 2. The Bertz CT molecular complexity index is 656. The van der Waals surface area contributed by atoms with E-state index in [1.807, 2.05) is 25.1 Å². The molecule has 1 unspecified atom stereocenters. The van der Waals surface area contributed by atoms with Crippen molar-refractivity contribution in [1.82, 2.24) is 5.32 Å². The monoisotopic (exact) mass is 309 g/mol. The summed E-state index contributed by atoms with van der Waals surface area (Å²) in [7, 11) is 0. The van der Waals surface area contributed by atoms with Gasteiger partial charge in [-0.25, -0.2) is 0 Å². The molecule has 3 rings (SSSR count). The number of rotatable bonds is 3. The van der Waals surface area contributed by atoms with Crippen molar-refractivity contribution >= 4 is 28.8 Å². The molecule has 20 heavy (non-hydrogen) atoms. The first-order valence-corrected chi connectivity index (χ1v) is 7.28. The Morgan fingerprint density at radius 3 is 2.85 bits per heavy atom. The molecule has 1 atom stereocenters. The fourth-order valence-corrected chi connectivity index (χ4v) is 2.92. The average molecular weight is 310 g/mol. The number of nitrogens with one attached hydrogen (secondary N) is 1. The minimum absolute atomic E-state index is 0.127. The fraction of sp³-hybridized carbons (Fsp3) is 0.214. The molecule has 1 aromatic heterocycles. The van der Waals surface area contributed by atoms with Crippen molar-refractivity contribution in [3.8, 4) is 11.5 Å². The van der Waals surface area contributed by atoms with E-state index in [0.29, 0.717) is 15.0 Å². The summed E-state index contributed by atoms with van der Waals surface area (Å²) in [6, 6.07) is 8.95. The third-order valence-corrected chi connectivity index (χ3v) is 4.27. The topological polar surface area (TPSA) is 47.6 Å². The SMILES string of the molecule is CC(NC(=O)c1ccc(Cl)s1)c1ccc2c(c1)OCO2. The first-order valence-electron chi connectivity index (χ1n) is 6.09. The highest BCUT2D eigenvalue weighted by Gasteiger charge is 2.17. The van der Waals surface area contributed by atoms with Gasteiger partial charge < -0.3 is 14.8 Å². The Morgan fingerprint density at radius 2 is 2.10 bits per heavy atom. The van der Waals surface area contributed by atoms with Gasteiger partial charge in [0.15, 0.2) is 11.5 Å². The number of fused-ring (bicyclic) bond motifs is 1. The summed E-state index contributed by atoms with van der Waals surface area (Å²) in [4.78, 5) is 12.7. The third-order valence-electron chi connectivity index (χ3n) is 3.04. The summed E-state index contributed by atoms with van der Waals surface area (Å²) in [5.74, 6) is 1.31. The number of hydrogen-bond acceptors (Lipinski definition) is 4. The Labute approximate surface area is 125 Å². The van der Waals surface area contributed by atoms with E-state index in [4.69, 9.17) is 21.1 Å². The maximum atomic E-state index is 12.1. The molecule has 0 aliphatic carbocycles. The summed E-state index contributed by atoms with van der Waals surface area (Å²) < 4.78 is 11.2. The van der Waals surface area contributed by atoms with Crippen LogP contribution in [-0.4, -0.2) is 12.7 Å². The molecule has 1 N–H and O–H groups in total. The first-order chi connectivity index (χ1) is 9.63. The second-order valence-electron chi connectivity index (χ2n) is 4.41. The van der Waals surface area contributed by atoms with E-state index in [0.717, 1.165) is 11.3 Å². The quantitative estimate of drug-likeness (QED) is 0.942. The van der Waals surface area contributed by atoms with Gasteiger partial charge in [0.25, 0.3) is 5.91 Å². The number of hydrogen-bond donors (Lipinski definition) is 1. The van der Waals surface area contributed by atoms with Crippen LogP contribution in [0.2, 0.25) is 4.34 Å². The summed E-state index contributed by atoms with van der Waals surface area (Å²) in [5, 5.41) is 2.93. The lowest BCUT2D eigenvalue weighted by Gasteiger charge is -2.14. The summed E-state index contributed by atoms with van der Waals surface area (Å²) in [6.07, 6.45) is 0. The largest absolute Gasteiger partial charge is 0.454 e. The minimum Gasteiger partial charge on any atom is -0.454 e. The molecule has 4 nitrogen and oxygen atoms in total. The van der Waals surface area contributed by atoms with E-state index in [1.165, 1.54) is 11.3 Å². The second-order valence-corrected chi connectivity index (χ2v) is 6.13. The average Bonchev–Trinajstić information content (AvgIpc) is 3.05. The third kappa shape index (κ3) is 2.59. The molecule has 0 bridgehead atoms. The molecule has 0 radical (unpaired) electrons. The van der Waals surface area contributed by atoms with Gasteiger partial charge in [0.2, 0.25) is 6.79 Å². The molecule has 1 aromatic carbocycles. The fourth-order valence-electron chi connectivity index (χ4n) is 1.97. The molecule has 104 valence electrons. The van der Waals surface area contributed by atoms with Gasteiger partial charge in [-0.1, -0.05) is 17.7 Å². The van der Waals surface area contributed by atoms with Gasteiger partial charge >= 0.3 is 0 Å². The van der Waals surface area contributed by atoms with Crippen LogP contribution >= 0.6 is 22.9 Å². The van der Waals surface area contributed by atoms with E-state index in [9.17, 15) is 4.79 Å². The van der Waals surface area contributed by atoms with Gasteiger partial charge in [-0.15, -0.1) is 11.3 Å². The van der Waals surface area contributed by atoms with E-state index in [2.05, 4.69) is 5.32 Å². The first kappa shape index (κ1) is 13.3. The van der Waals surface area contributed by atoms with Crippen molar-refractivity contribution in [3.63, 3.8) is 0 Å². The van der Waals surface area contributed by atoms with E-state index in [-0.39, 0.29) is 18.7 Å². The van der Waals surface area contributed by atoms with Crippen molar-refractivity contribution in [2.75, 3.05) is 6.79 Å². The molecule has 0 saturated carbocycles. The molecule has 1 amide bonds. The molecular formula is C14H12ClNO3S. The zero-order valence-corrected chi connectivity index (χ0v) is 12.3. The van der Waals surface area contributed by atoms with Crippen molar-refractivity contribution in [3.05, 3.63) is 45.1 Å². The van der Waals surface area contributed by atoms with Crippen molar-refractivity contribution < 1.29 is 14.3 Å². The highest BCUT2D eigenvalue weighted by molar-refractivity contribution is 7.17. The molecule has 0 saturated heterocycles. The number of amides is 1. The van der Waals surface area contributed by atoms with Crippen LogP contribution in [0.3, 0.4) is 0 Å². The normalized spacial score (nSPS) is 14.1. The van der Waals surface area contributed by atoms with Crippen LogP contribution in [0.25, 0.3) is 0 Å². The summed E-state index contributed by atoms with van der Waals surface area (Å²) >= 11 is 7.09. The highest BCUT2D eigenvalue weighted by Crippen LogP contribution is 2.34. The van der Waals surface area contributed by atoms with Crippen LogP contribution in [0, 0.1) is 0 Å². The second kappa shape index (κ2) is 5.34. The standard InChI is InChI=1S/C14H12ClNO3S/c1-8(16-14(17)12-4-5-13(15)20-12)9-2-3-10-11(6-9)19-7-18-10/h2-6,8H,7H2,1H3,(H,16,17). The zero-order valence-electron chi connectivity index (χ0n) is 10.7. The van der Waals surface area contributed by atoms with Crippen LogP contribution in [0.15, 0.2) is 30.3 Å². The Hall–Kier alpha value is -1.72. The lowest BCUT2D eigenvalue weighted by atomic mass is 10.1. The Kier molecular flexibility index (Phi) is 3.54. The van der Waals surface area contributed by atoms with E-state index < -0.39 is 0 Å². The number of benzene rings is 1. The maximum absolute atomic E-state index is 12.1.